The molecule has 23 heavy (non-hydrogen) atoms. The number of hydrogen-bond donors (Lipinski definition) is 4. The van der Waals surface area contributed by atoms with Gasteiger partial charge in [0.15, 0.2) is 0 Å². The number of amides is 3. The van der Waals surface area contributed by atoms with Crippen LogP contribution in [-0.2, 0) is 4.79 Å². The van der Waals surface area contributed by atoms with Crippen LogP contribution in [0.25, 0.3) is 0 Å². The molecule has 0 aliphatic carbocycles. The summed E-state index contributed by atoms with van der Waals surface area (Å²) in [6, 6.07) is 7.19. The maximum atomic E-state index is 11.8. The van der Waals surface area contributed by atoms with Crippen LogP contribution in [0.3, 0.4) is 0 Å². The fraction of sp³-hybridized carbons (Fsp3) is 0.467. The number of halogens is 2. The summed E-state index contributed by atoms with van der Waals surface area (Å²) in [5, 5.41) is 11.6. The summed E-state index contributed by atoms with van der Waals surface area (Å²) in [5.74, 6) is -0.0300. The van der Waals surface area contributed by atoms with E-state index in [0.29, 0.717) is 12.2 Å². The van der Waals surface area contributed by atoms with E-state index in [0.717, 1.165) is 30.4 Å². The lowest BCUT2D eigenvalue weighted by Crippen LogP contribution is -2.46. The lowest BCUT2D eigenvalue weighted by atomic mass is 10.1. The maximum absolute atomic E-state index is 11.8. The molecule has 0 bridgehead atoms. The number of carbonyl (C=O) groups excluding carboxylic acids is 2. The number of nitrogens with one attached hydrogen (secondary N) is 4. The molecule has 1 aliphatic heterocycles. The van der Waals surface area contributed by atoms with Gasteiger partial charge in [0.2, 0.25) is 5.91 Å². The van der Waals surface area contributed by atoms with Crippen LogP contribution in [0.5, 0.6) is 0 Å². The van der Waals surface area contributed by atoms with E-state index in [1.54, 1.807) is 12.1 Å². The van der Waals surface area contributed by atoms with Gasteiger partial charge in [-0.05, 0) is 43.7 Å². The largest absolute Gasteiger partial charge is 0.352 e. The number of urea groups is 1. The van der Waals surface area contributed by atoms with Gasteiger partial charge >= 0.3 is 6.03 Å². The number of anilines is 1. The van der Waals surface area contributed by atoms with Crippen molar-refractivity contribution in [3.8, 4) is 0 Å². The zero-order chi connectivity index (χ0) is 15.8. The Hall–Kier alpha value is -1.31. The molecule has 8 heteroatoms. The molecular weight excluding hydrogens is 384 g/mol. The van der Waals surface area contributed by atoms with E-state index >= 15 is 0 Å². The zero-order valence-corrected chi connectivity index (χ0v) is 15.1. The van der Waals surface area contributed by atoms with Crippen LogP contribution < -0.4 is 21.3 Å². The molecule has 1 aromatic carbocycles. The van der Waals surface area contributed by atoms with Crippen LogP contribution >= 0.6 is 28.3 Å². The molecule has 1 saturated heterocycles. The molecule has 0 aromatic heterocycles. The second-order valence-corrected chi connectivity index (χ2v) is 6.16. The third kappa shape index (κ3) is 7.67. The molecule has 1 aliphatic rings. The van der Waals surface area contributed by atoms with Crippen molar-refractivity contribution in [2.24, 2.45) is 0 Å². The molecule has 1 aromatic rings. The highest BCUT2D eigenvalue weighted by Gasteiger charge is 2.15. The monoisotopic (exact) mass is 404 g/mol. The van der Waals surface area contributed by atoms with Crippen LogP contribution in [-0.4, -0.2) is 37.6 Å². The fourth-order valence-corrected chi connectivity index (χ4v) is 2.54. The Bertz CT molecular complexity index is 507. The number of rotatable bonds is 5. The summed E-state index contributed by atoms with van der Waals surface area (Å²) >= 11 is 3.33. The molecule has 128 valence electrons. The van der Waals surface area contributed by atoms with Gasteiger partial charge in [0, 0.05) is 35.7 Å². The zero-order valence-electron chi connectivity index (χ0n) is 12.7. The molecule has 0 radical (unpaired) electrons. The van der Waals surface area contributed by atoms with Crippen molar-refractivity contribution in [2.45, 2.75) is 25.3 Å². The summed E-state index contributed by atoms with van der Waals surface area (Å²) in [5.41, 5.74) is 0.707. The Kier molecular flexibility index (Phi) is 8.98. The summed E-state index contributed by atoms with van der Waals surface area (Å²) in [6.07, 6.45) is 2.37. The minimum absolute atomic E-state index is 0. The quantitative estimate of drug-likeness (QED) is 0.606. The highest BCUT2D eigenvalue weighted by molar-refractivity contribution is 9.10. The second kappa shape index (κ2) is 10.5. The van der Waals surface area contributed by atoms with Gasteiger partial charge in [-0.2, -0.15) is 0 Å². The highest BCUT2D eigenvalue weighted by atomic mass is 79.9. The van der Waals surface area contributed by atoms with Gasteiger partial charge in [-0.1, -0.05) is 15.9 Å². The Morgan fingerprint density at radius 1 is 1.26 bits per heavy atom. The van der Waals surface area contributed by atoms with Gasteiger partial charge in [0.25, 0.3) is 0 Å². The van der Waals surface area contributed by atoms with Crippen molar-refractivity contribution in [1.82, 2.24) is 16.0 Å². The Morgan fingerprint density at radius 2 is 2.00 bits per heavy atom. The Labute approximate surface area is 150 Å². The summed E-state index contributed by atoms with van der Waals surface area (Å²) in [4.78, 5) is 23.5. The van der Waals surface area contributed by atoms with Gasteiger partial charge in [-0.3, -0.25) is 4.79 Å². The third-order valence-corrected chi connectivity index (χ3v) is 3.93. The molecule has 0 spiro atoms. The first-order valence-corrected chi connectivity index (χ1v) is 8.23. The third-order valence-electron chi connectivity index (χ3n) is 3.40. The van der Waals surface area contributed by atoms with Crippen LogP contribution in [0.2, 0.25) is 0 Å². The van der Waals surface area contributed by atoms with E-state index in [1.807, 2.05) is 12.1 Å². The van der Waals surface area contributed by atoms with E-state index in [4.69, 9.17) is 0 Å². The predicted octanol–water partition coefficient (Wildman–Crippen LogP) is 2.25. The van der Waals surface area contributed by atoms with Gasteiger partial charge < -0.3 is 21.3 Å². The molecule has 6 nitrogen and oxygen atoms in total. The normalized spacial score (nSPS) is 16.8. The lowest BCUT2D eigenvalue weighted by Gasteiger charge is -2.23. The lowest BCUT2D eigenvalue weighted by molar-refractivity contribution is -0.121. The van der Waals surface area contributed by atoms with Crippen molar-refractivity contribution < 1.29 is 9.59 Å². The van der Waals surface area contributed by atoms with E-state index in [1.165, 1.54) is 0 Å². The molecule has 4 N–H and O–H groups in total. The Morgan fingerprint density at radius 3 is 2.65 bits per heavy atom. The highest BCUT2D eigenvalue weighted by Crippen LogP contribution is 2.13. The van der Waals surface area contributed by atoms with E-state index < -0.39 is 0 Å². The summed E-state index contributed by atoms with van der Waals surface area (Å²) in [6.45, 7) is 2.15. The average molecular weight is 406 g/mol. The number of carbonyl (C=O) groups is 2. The molecule has 1 atom stereocenters. The first-order chi connectivity index (χ1) is 10.6. The average Bonchev–Trinajstić information content (AvgIpc) is 2.50. The first-order valence-electron chi connectivity index (χ1n) is 7.44. The predicted molar refractivity (Wildman–Crippen MR) is 97.1 cm³/mol. The van der Waals surface area contributed by atoms with Crippen molar-refractivity contribution in [3.63, 3.8) is 0 Å². The van der Waals surface area contributed by atoms with Gasteiger partial charge in [0.05, 0.1) is 0 Å². The van der Waals surface area contributed by atoms with Crippen molar-refractivity contribution in [3.05, 3.63) is 28.7 Å². The van der Waals surface area contributed by atoms with Gasteiger partial charge in [0.1, 0.15) is 0 Å². The molecule has 1 unspecified atom stereocenters. The first kappa shape index (κ1) is 19.7. The van der Waals surface area contributed by atoms with Crippen molar-refractivity contribution >= 4 is 46.0 Å². The molecule has 3 amide bonds. The van der Waals surface area contributed by atoms with Crippen LogP contribution in [0.15, 0.2) is 28.7 Å². The van der Waals surface area contributed by atoms with E-state index in [9.17, 15) is 9.59 Å². The summed E-state index contributed by atoms with van der Waals surface area (Å²) < 4.78 is 0.951. The smallest absolute Gasteiger partial charge is 0.319 e. The minimum atomic E-state index is -0.311. The topological polar surface area (TPSA) is 82.3 Å². The molecule has 2 rings (SSSR count). The van der Waals surface area contributed by atoms with Crippen molar-refractivity contribution in [1.29, 1.82) is 0 Å². The summed E-state index contributed by atoms with van der Waals surface area (Å²) in [7, 11) is 0. The Balaban J connectivity index is 0.00000264. The number of hydrogen-bond acceptors (Lipinski definition) is 3. The molecular formula is C15H22BrClN4O2. The SMILES string of the molecule is Cl.O=C(CCNC(=O)Nc1ccc(Br)cc1)NC1CCCNC1. The standard InChI is InChI=1S/C15H21BrN4O2.ClH/c16-11-3-5-12(6-4-11)20-15(22)18-9-7-14(21)19-13-2-1-8-17-10-13;/h3-6,13,17H,1-2,7-10H2,(H,19,21)(H2,18,20,22);1H. The van der Waals surface area contributed by atoms with Crippen molar-refractivity contribution in [2.75, 3.05) is 25.0 Å². The van der Waals surface area contributed by atoms with E-state index in [2.05, 4.69) is 37.2 Å². The molecule has 1 heterocycles. The number of benzene rings is 1. The van der Waals surface area contributed by atoms with Crippen LogP contribution in [0, 0.1) is 0 Å². The maximum Gasteiger partial charge on any atom is 0.319 e. The molecule has 1 fully saturated rings. The second-order valence-electron chi connectivity index (χ2n) is 5.25. The molecule has 0 saturated carbocycles. The van der Waals surface area contributed by atoms with Crippen LogP contribution in [0.4, 0.5) is 10.5 Å². The minimum Gasteiger partial charge on any atom is -0.352 e. The number of piperidine rings is 1. The van der Waals surface area contributed by atoms with Gasteiger partial charge in [-0.25, -0.2) is 4.79 Å². The van der Waals surface area contributed by atoms with E-state index in [-0.39, 0.29) is 36.8 Å². The fourth-order valence-electron chi connectivity index (χ4n) is 2.27. The van der Waals surface area contributed by atoms with Gasteiger partial charge in [-0.15, -0.1) is 12.4 Å². The van der Waals surface area contributed by atoms with Crippen LogP contribution in [0.1, 0.15) is 19.3 Å².